The molecule has 1 aliphatic carbocycles. The van der Waals surface area contributed by atoms with Gasteiger partial charge in [0.05, 0.1) is 5.52 Å². The first-order valence-corrected chi connectivity index (χ1v) is 11.5. The quantitative estimate of drug-likeness (QED) is 0.791. The van der Waals surface area contributed by atoms with Crippen molar-refractivity contribution >= 4 is 22.7 Å². The third-order valence-electron chi connectivity index (χ3n) is 7.67. The van der Waals surface area contributed by atoms with Gasteiger partial charge in [0.2, 0.25) is 5.91 Å². The predicted octanol–water partition coefficient (Wildman–Crippen LogP) is 3.35. The molecule has 3 aliphatic rings. The Kier molecular flexibility index (Phi) is 5.24. The number of carbonyl (C=O) groups is 2. The molecule has 2 aromatic rings. The molecular formula is C24H31FN4O2. The summed E-state index contributed by atoms with van der Waals surface area (Å²) in [6.45, 7) is 5.48. The summed E-state index contributed by atoms with van der Waals surface area (Å²) in [7, 11) is 0. The number of hydrogen-bond acceptors (Lipinski definition) is 3. The van der Waals surface area contributed by atoms with Crippen molar-refractivity contribution in [2.75, 3.05) is 13.1 Å². The van der Waals surface area contributed by atoms with Gasteiger partial charge in [-0.1, -0.05) is 6.07 Å². The van der Waals surface area contributed by atoms with Crippen LogP contribution in [0.4, 0.5) is 4.39 Å². The SMILES string of the molecule is CC(=O)N1CC[C@@H]2[C@H]1CCN2[C@@H]1CCC[C@@H](NC(=O)c2cc3c(F)ccc(C)c3[nH]2)C1. The van der Waals surface area contributed by atoms with Crippen molar-refractivity contribution in [3.8, 4) is 0 Å². The van der Waals surface area contributed by atoms with Crippen LogP contribution in [0, 0.1) is 12.7 Å². The van der Waals surface area contributed by atoms with Gasteiger partial charge in [0.15, 0.2) is 0 Å². The summed E-state index contributed by atoms with van der Waals surface area (Å²) in [5, 5.41) is 3.66. The first kappa shape index (κ1) is 20.5. The zero-order valence-corrected chi connectivity index (χ0v) is 18.3. The van der Waals surface area contributed by atoms with Crippen LogP contribution in [0.15, 0.2) is 18.2 Å². The summed E-state index contributed by atoms with van der Waals surface area (Å²) >= 11 is 0. The average Bonchev–Trinajstić information content (AvgIpc) is 3.45. The second-order valence-electron chi connectivity index (χ2n) is 9.49. The van der Waals surface area contributed by atoms with Gasteiger partial charge in [-0.05, 0) is 63.1 Å². The Labute approximate surface area is 182 Å². The predicted molar refractivity (Wildman–Crippen MR) is 117 cm³/mol. The van der Waals surface area contributed by atoms with Crippen molar-refractivity contribution in [3.05, 3.63) is 35.3 Å². The van der Waals surface area contributed by atoms with Crippen LogP contribution in [0.25, 0.3) is 10.9 Å². The van der Waals surface area contributed by atoms with E-state index < -0.39 is 0 Å². The minimum atomic E-state index is -0.312. The van der Waals surface area contributed by atoms with Crippen molar-refractivity contribution in [2.24, 2.45) is 0 Å². The van der Waals surface area contributed by atoms with Crippen LogP contribution in [0.5, 0.6) is 0 Å². The monoisotopic (exact) mass is 426 g/mol. The van der Waals surface area contributed by atoms with Crippen molar-refractivity contribution in [1.82, 2.24) is 20.1 Å². The van der Waals surface area contributed by atoms with Gasteiger partial charge in [0.1, 0.15) is 11.5 Å². The molecule has 2 aliphatic heterocycles. The zero-order valence-electron chi connectivity index (χ0n) is 18.3. The normalized spacial score (nSPS) is 28.8. The maximum Gasteiger partial charge on any atom is 0.267 e. The number of nitrogens with one attached hydrogen (secondary N) is 2. The zero-order chi connectivity index (χ0) is 21.7. The van der Waals surface area contributed by atoms with Crippen LogP contribution in [-0.4, -0.2) is 63.9 Å². The Morgan fingerprint density at radius 1 is 1.13 bits per heavy atom. The van der Waals surface area contributed by atoms with Gasteiger partial charge in [-0.2, -0.15) is 0 Å². The molecule has 1 aromatic heterocycles. The number of likely N-dealkylation sites (tertiary alicyclic amines) is 2. The number of aromatic amines is 1. The van der Waals surface area contributed by atoms with E-state index in [-0.39, 0.29) is 23.7 Å². The molecule has 0 bridgehead atoms. The van der Waals surface area contributed by atoms with E-state index in [1.54, 1.807) is 19.1 Å². The first-order valence-electron chi connectivity index (χ1n) is 11.5. The van der Waals surface area contributed by atoms with E-state index in [0.717, 1.165) is 57.2 Å². The first-order chi connectivity index (χ1) is 14.9. The summed E-state index contributed by atoms with van der Waals surface area (Å²) in [6.07, 6.45) is 6.24. The van der Waals surface area contributed by atoms with Crippen molar-refractivity contribution in [3.63, 3.8) is 0 Å². The molecule has 1 aromatic carbocycles. The number of rotatable bonds is 3. The fourth-order valence-corrected chi connectivity index (χ4v) is 6.17. The van der Waals surface area contributed by atoms with Gasteiger partial charge in [0, 0.05) is 49.6 Å². The fraction of sp³-hybridized carbons (Fsp3) is 0.583. The number of halogens is 1. The van der Waals surface area contributed by atoms with E-state index in [1.807, 2.05) is 11.8 Å². The lowest BCUT2D eigenvalue weighted by molar-refractivity contribution is -0.129. The van der Waals surface area contributed by atoms with E-state index in [1.165, 1.54) is 6.07 Å². The Morgan fingerprint density at radius 2 is 1.94 bits per heavy atom. The van der Waals surface area contributed by atoms with Crippen LogP contribution < -0.4 is 5.32 Å². The Bertz CT molecular complexity index is 979. The van der Waals surface area contributed by atoms with Crippen LogP contribution in [0.3, 0.4) is 0 Å². The molecule has 5 rings (SSSR count). The lowest BCUT2D eigenvalue weighted by atomic mass is 9.89. The van der Waals surface area contributed by atoms with E-state index >= 15 is 0 Å². The van der Waals surface area contributed by atoms with Crippen molar-refractivity contribution in [1.29, 1.82) is 0 Å². The van der Waals surface area contributed by atoms with Crippen LogP contribution in [0.2, 0.25) is 0 Å². The lowest BCUT2D eigenvalue weighted by Crippen LogP contribution is -2.48. The second-order valence-corrected chi connectivity index (χ2v) is 9.49. The highest BCUT2D eigenvalue weighted by atomic mass is 19.1. The standard InChI is InChI=1S/C24H31FN4O2/c1-14-6-7-19(25)18-13-20(27-23(14)18)24(31)26-16-4-3-5-17(12-16)29-11-9-21-22(29)8-10-28(21)15(2)30/h6-7,13,16-17,21-22,27H,3-5,8-12H2,1-2H3,(H,26,31)/t16-,17-,21-,22-/m1/s1. The fourth-order valence-electron chi connectivity index (χ4n) is 6.17. The molecule has 7 heteroatoms. The maximum absolute atomic E-state index is 14.1. The Balaban J connectivity index is 1.25. The third-order valence-corrected chi connectivity index (χ3v) is 7.67. The third kappa shape index (κ3) is 3.63. The van der Waals surface area contributed by atoms with E-state index in [9.17, 15) is 14.0 Å². The van der Waals surface area contributed by atoms with Crippen molar-refractivity contribution < 1.29 is 14.0 Å². The Hall–Kier alpha value is -2.41. The van der Waals surface area contributed by atoms with Crippen LogP contribution in [0.1, 0.15) is 61.5 Å². The molecule has 2 saturated heterocycles. The summed E-state index contributed by atoms with van der Waals surface area (Å²) in [4.78, 5) is 32.6. The molecule has 0 radical (unpaired) electrons. The molecule has 1 saturated carbocycles. The molecule has 31 heavy (non-hydrogen) atoms. The second kappa shape index (κ2) is 7.93. The highest BCUT2D eigenvalue weighted by Crippen LogP contribution is 2.36. The summed E-state index contributed by atoms with van der Waals surface area (Å²) in [5.74, 6) is -0.287. The summed E-state index contributed by atoms with van der Waals surface area (Å²) in [5.41, 5.74) is 2.03. The average molecular weight is 427 g/mol. The van der Waals surface area contributed by atoms with E-state index in [2.05, 4.69) is 15.2 Å². The van der Waals surface area contributed by atoms with Crippen LogP contribution >= 0.6 is 0 Å². The molecule has 3 fully saturated rings. The van der Waals surface area contributed by atoms with E-state index in [4.69, 9.17) is 0 Å². The lowest BCUT2D eigenvalue weighted by Gasteiger charge is -2.38. The number of benzene rings is 1. The van der Waals surface area contributed by atoms with Gasteiger partial charge in [0.25, 0.3) is 5.91 Å². The number of aryl methyl sites for hydroxylation is 1. The minimum absolute atomic E-state index is 0.118. The maximum atomic E-state index is 14.1. The topological polar surface area (TPSA) is 68.4 Å². The minimum Gasteiger partial charge on any atom is -0.350 e. The van der Waals surface area contributed by atoms with Gasteiger partial charge in [-0.3, -0.25) is 14.5 Å². The largest absolute Gasteiger partial charge is 0.350 e. The number of carbonyl (C=O) groups excluding carboxylic acids is 2. The number of fused-ring (bicyclic) bond motifs is 2. The summed E-state index contributed by atoms with van der Waals surface area (Å²) < 4.78 is 14.1. The molecule has 4 atom stereocenters. The summed E-state index contributed by atoms with van der Waals surface area (Å²) in [6, 6.07) is 6.17. The van der Waals surface area contributed by atoms with Gasteiger partial charge >= 0.3 is 0 Å². The molecule has 6 nitrogen and oxygen atoms in total. The highest BCUT2D eigenvalue weighted by molar-refractivity contribution is 5.99. The number of H-pyrrole nitrogens is 1. The van der Waals surface area contributed by atoms with Gasteiger partial charge < -0.3 is 15.2 Å². The van der Waals surface area contributed by atoms with E-state index in [0.29, 0.717) is 34.7 Å². The van der Waals surface area contributed by atoms with Crippen LogP contribution in [-0.2, 0) is 4.79 Å². The number of aromatic nitrogens is 1. The molecule has 3 heterocycles. The molecule has 2 N–H and O–H groups in total. The highest BCUT2D eigenvalue weighted by Gasteiger charge is 2.46. The Morgan fingerprint density at radius 3 is 2.71 bits per heavy atom. The van der Waals surface area contributed by atoms with Crippen molar-refractivity contribution in [2.45, 2.75) is 76.5 Å². The molecule has 2 amide bonds. The number of amides is 2. The van der Waals surface area contributed by atoms with Gasteiger partial charge in [-0.25, -0.2) is 4.39 Å². The molecule has 166 valence electrons. The molecule has 0 spiro atoms. The number of hydrogen-bond donors (Lipinski definition) is 2. The molecular weight excluding hydrogens is 395 g/mol. The number of nitrogens with zero attached hydrogens (tertiary/aromatic N) is 2. The smallest absolute Gasteiger partial charge is 0.267 e. The van der Waals surface area contributed by atoms with Gasteiger partial charge in [-0.15, -0.1) is 0 Å². The molecule has 0 unspecified atom stereocenters.